The van der Waals surface area contributed by atoms with Gasteiger partial charge in [-0.1, -0.05) is 34.1 Å². The van der Waals surface area contributed by atoms with Crippen LogP contribution in [0.1, 0.15) is 36.0 Å². The number of hydrogen-bond donors (Lipinski definition) is 1. The van der Waals surface area contributed by atoms with Gasteiger partial charge in [0.15, 0.2) is 5.43 Å². The standard InChI is InChI=1S/C21H22BrNO3/c1-12-8-9-16-19(13(12)2)23(11-5-10-22)17-7-4-6-15(14(3)21(25)26)18(17)20(16)24/h4,6-9,14H,5,10-11H2,1-3H3,(H,25,26). The van der Waals surface area contributed by atoms with Crippen molar-refractivity contribution in [3.63, 3.8) is 0 Å². The number of carboxylic acid groups (broad SMARTS) is 1. The molecule has 3 rings (SSSR count). The normalized spacial score (nSPS) is 12.6. The van der Waals surface area contributed by atoms with Gasteiger partial charge in [-0.15, -0.1) is 0 Å². The molecule has 1 N–H and O–H groups in total. The van der Waals surface area contributed by atoms with Gasteiger partial charge < -0.3 is 9.67 Å². The van der Waals surface area contributed by atoms with Gasteiger partial charge in [-0.25, -0.2) is 0 Å². The number of pyridine rings is 1. The van der Waals surface area contributed by atoms with Crippen LogP contribution in [0.25, 0.3) is 21.8 Å². The van der Waals surface area contributed by atoms with Crippen molar-refractivity contribution >= 4 is 43.7 Å². The first-order chi connectivity index (χ1) is 12.4. The number of nitrogens with zero attached hydrogens (tertiary/aromatic N) is 1. The number of aryl methyl sites for hydroxylation is 3. The maximum Gasteiger partial charge on any atom is 0.310 e. The van der Waals surface area contributed by atoms with Crippen LogP contribution in [-0.2, 0) is 11.3 Å². The Morgan fingerprint density at radius 2 is 1.96 bits per heavy atom. The van der Waals surface area contributed by atoms with Crippen LogP contribution in [0.4, 0.5) is 0 Å². The molecule has 136 valence electrons. The highest BCUT2D eigenvalue weighted by atomic mass is 79.9. The number of aliphatic carboxylic acids is 1. The number of aromatic nitrogens is 1. The lowest BCUT2D eigenvalue weighted by Crippen LogP contribution is -2.17. The van der Waals surface area contributed by atoms with E-state index in [0.29, 0.717) is 16.3 Å². The van der Waals surface area contributed by atoms with E-state index >= 15 is 0 Å². The summed E-state index contributed by atoms with van der Waals surface area (Å²) in [6.07, 6.45) is 0.916. The molecule has 1 unspecified atom stereocenters. The number of carboxylic acids is 1. The Kier molecular flexibility index (Phi) is 5.19. The summed E-state index contributed by atoms with van der Waals surface area (Å²) in [5.74, 6) is -1.66. The molecular formula is C21H22BrNO3. The molecule has 0 saturated carbocycles. The van der Waals surface area contributed by atoms with Gasteiger partial charge in [0.2, 0.25) is 0 Å². The molecular weight excluding hydrogens is 394 g/mol. The van der Waals surface area contributed by atoms with Crippen molar-refractivity contribution in [3.05, 3.63) is 57.2 Å². The highest BCUT2D eigenvalue weighted by Crippen LogP contribution is 2.29. The molecule has 2 aromatic carbocycles. The maximum atomic E-state index is 13.3. The molecule has 0 spiro atoms. The topological polar surface area (TPSA) is 59.3 Å². The van der Waals surface area contributed by atoms with E-state index in [4.69, 9.17) is 0 Å². The Hall–Kier alpha value is -2.14. The van der Waals surface area contributed by atoms with Gasteiger partial charge in [-0.3, -0.25) is 9.59 Å². The molecule has 1 aromatic heterocycles. The lowest BCUT2D eigenvalue weighted by molar-refractivity contribution is -0.138. The largest absolute Gasteiger partial charge is 0.481 e. The van der Waals surface area contributed by atoms with Gasteiger partial charge in [0, 0.05) is 17.3 Å². The van der Waals surface area contributed by atoms with E-state index < -0.39 is 11.9 Å². The Morgan fingerprint density at radius 1 is 1.23 bits per heavy atom. The predicted octanol–water partition coefficient (Wildman–Crippen LogP) is 4.74. The van der Waals surface area contributed by atoms with E-state index in [1.54, 1.807) is 13.0 Å². The fourth-order valence-corrected chi connectivity index (χ4v) is 3.81. The number of rotatable bonds is 5. The lowest BCUT2D eigenvalue weighted by Gasteiger charge is -2.20. The van der Waals surface area contributed by atoms with Gasteiger partial charge >= 0.3 is 5.97 Å². The van der Waals surface area contributed by atoms with Crippen LogP contribution in [-0.4, -0.2) is 21.0 Å². The molecule has 1 heterocycles. The number of halogens is 1. The molecule has 0 amide bonds. The minimum Gasteiger partial charge on any atom is -0.481 e. The number of benzene rings is 2. The quantitative estimate of drug-likeness (QED) is 0.483. The lowest BCUT2D eigenvalue weighted by atomic mass is 9.94. The Labute approximate surface area is 160 Å². The van der Waals surface area contributed by atoms with Crippen LogP contribution in [0.3, 0.4) is 0 Å². The van der Waals surface area contributed by atoms with E-state index in [1.807, 2.05) is 38.1 Å². The van der Waals surface area contributed by atoms with Crippen LogP contribution >= 0.6 is 15.9 Å². The van der Waals surface area contributed by atoms with E-state index in [1.165, 1.54) is 0 Å². The van der Waals surface area contributed by atoms with Crippen molar-refractivity contribution in [1.29, 1.82) is 0 Å². The molecule has 1 atom stereocenters. The second-order valence-electron chi connectivity index (χ2n) is 6.73. The van der Waals surface area contributed by atoms with E-state index in [2.05, 4.69) is 20.5 Å². The third kappa shape index (κ3) is 2.94. The Bertz CT molecular complexity index is 1070. The summed E-state index contributed by atoms with van der Waals surface area (Å²) in [7, 11) is 0. The van der Waals surface area contributed by atoms with Crippen LogP contribution in [0, 0.1) is 13.8 Å². The molecule has 0 aliphatic carbocycles. The molecule has 0 saturated heterocycles. The van der Waals surface area contributed by atoms with Crippen molar-refractivity contribution in [1.82, 2.24) is 4.57 Å². The molecule has 0 aliphatic rings. The summed E-state index contributed by atoms with van der Waals surface area (Å²) in [5, 5.41) is 11.5. The number of hydrogen-bond acceptors (Lipinski definition) is 2. The minimum atomic E-state index is -0.927. The molecule has 4 nitrogen and oxygen atoms in total. The molecule has 26 heavy (non-hydrogen) atoms. The van der Waals surface area contributed by atoms with Crippen molar-refractivity contribution in [2.45, 2.75) is 39.7 Å². The highest BCUT2D eigenvalue weighted by Gasteiger charge is 2.21. The molecule has 0 fully saturated rings. The van der Waals surface area contributed by atoms with Gasteiger partial charge in [0.25, 0.3) is 0 Å². The summed E-state index contributed by atoms with van der Waals surface area (Å²) in [5.41, 5.74) is 4.47. The summed E-state index contributed by atoms with van der Waals surface area (Å²) < 4.78 is 2.17. The van der Waals surface area contributed by atoms with Crippen LogP contribution in [0.15, 0.2) is 35.1 Å². The van der Waals surface area contributed by atoms with Gasteiger partial charge in [0.05, 0.1) is 22.3 Å². The zero-order valence-electron chi connectivity index (χ0n) is 15.2. The average molecular weight is 416 g/mol. The Morgan fingerprint density at radius 3 is 2.62 bits per heavy atom. The predicted molar refractivity (Wildman–Crippen MR) is 110 cm³/mol. The van der Waals surface area contributed by atoms with Crippen molar-refractivity contribution < 1.29 is 9.90 Å². The SMILES string of the molecule is Cc1ccc2c(=O)c3c(C(C)C(=O)O)cccc3n(CCCBr)c2c1C. The summed E-state index contributed by atoms with van der Waals surface area (Å²) >= 11 is 3.49. The second kappa shape index (κ2) is 7.23. The highest BCUT2D eigenvalue weighted by molar-refractivity contribution is 9.09. The van der Waals surface area contributed by atoms with E-state index in [-0.39, 0.29) is 5.43 Å². The van der Waals surface area contributed by atoms with E-state index in [0.717, 1.165) is 40.5 Å². The third-order valence-electron chi connectivity index (χ3n) is 5.16. The summed E-state index contributed by atoms with van der Waals surface area (Å²) in [6.45, 7) is 6.47. The van der Waals surface area contributed by atoms with Gasteiger partial charge in [-0.2, -0.15) is 0 Å². The fourth-order valence-electron chi connectivity index (χ4n) is 3.56. The van der Waals surface area contributed by atoms with E-state index in [9.17, 15) is 14.7 Å². The van der Waals surface area contributed by atoms with Crippen LogP contribution < -0.4 is 5.43 Å². The molecule has 0 bridgehead atoms. The van der Waals surface area contributed by atoms with Crippen LogP contribution in [0.5, 0.6) is 0 Å². The molecule has 3 aromatic rings. The number of fused-ring (bicyclic) bond motifs is 2. The first-order valence-corrected chi connectivity index (χ1v) is 9.84. The van der Waals surface area contributed by atoms with Crippen molar-refractivity contribution in [2.24, 2.45) is 0 Å². The first-order valence-electron chi connectivity index (χ1n) is 8.72. The summed E-state index contributed by atoms with van der Waals surface area (Å²) in [4.78, 5) is 24.9. The summed E-state index contributed by atoms with van der Waals surface area (Å²) in [6, 6.07) is 9.35. The first kappa shape index (κ1) is 18.6. The molecule has 5 heteroatoms. The zero-order chi connectivity index (χ0) is 19.0. The average Bonchev–Trinajstić information content (AvgIpc) is 2.63. The van der Waals surface area contributed by atoms with Gasteiger partial charge in [0.1, 0.15) is 0 Å². The fraction of sp³-hybridized carbons (Fsp3) is 0.333. The monoisotopic (exact) mass is 415 g/mol. The Balaban J connectivity index is 2.54. The third-order valence-corrected chi connectivity index (χ3v) is 5.72. The smallest absolute Gasteiger partial charge is 0.310 e. The van der Waals surface area contributed by atoms with Crippen molar-refractivity contribution in [2.75, 3.05) is 5.33 Å². The van der Waals surface area contributed by atoms with Crippen LogP contribution in [0.2, 0.25) is 0 Å². The second-order valence-corrected chi connectivity index (χ2v) is 7.52. The molecule has 0 radical (unpaired) electrons. The van der Waals surface area contributed by atoms with Crippen molar-refractivity contribution in [3.8, 4) is 0 Å². The van der Waals surface area contributed by atoms with Gasteiger partial charge in [-0.05, 0) is 56.0 Å². The zero-order valence-corrected chi connectivity index (χ0v) is 16.8. The number of alkyl halides is 1. The minimum absolute atomic E-state index is 0.0862. The molecule has 0 aliphatic heterocycles. The number of carbonyl (C=O) groups is 1. The maximum absolute atomic E-state index is 13.3.